The minimum Gasteiger partial charge on any atom is -0.255 e. The van der Waals surface area contributed by atoms with Gasteiger partial charge in [0.1, 0.15) is 0 Å². The summed E-state index contributed by atoms with van der Waals surface area (Å²) in [5.74, 6) is 0.870. The molecule has 1 saturated carbocycles. The standard InChI is InChI=1S/C19H26N2Si/c1-22(2,3)19-14-21-18(17-10-6-7-11-20-17)13-16(19)12-15-8-4-5-9-15/h6-7,10-11,13-15H,4-5,8-9,12H2,1-3H3. The van der Waals surface area contributed by atoms with Gasteiger partial charge in [-0.2, -0.15) is 0 Å². The van der Waals surface area contributed by atoms with Crippen LogP contribution in [0.15, 0.2) is 36.7 Å². The van der Waals surface area contributed by atoms with E-state index in [1.165, 1.54) is 42.9 Å². The number of aromatic nitrogens is 2. The first-order valence-electron chi connectivity index (χ1n) is 8.45. The monoisotopic (exact) mass is 310 g/mol. The highest BCUT2D eigenvalue weighted by atomic mass is 28.3. The summed E-state index contributed by atoms with van der Waals surface area (Å²) in [5, 5.41) is 1.53. The second-order valence-electron chi connectivity index (χ2n) is 7.55. The highest BCUT2D eigenvalue weighted by Crippen LogP contribution is 2.29. The van der Waals surface area contributed by atoms with E-state index < -0.39 is 8.07 Å². The highest BCUT2D eigenvalue weighted by molar-refractivity contribution is 6.89. The molecule has 0 atom stereocenters. The predicted octanol–water partition coefficient (Wildman–Crippen LogP) is 4.42. The Morgan fingerprint density at radius 2 is 1.82 bits per heavy atom. The third-order valence-corrected chi connectivity index (χ3v) is 6.77. The van der Waals surface area contributed by atoms with E-state index in [9.17, 15) is 0 Å². The zero-order valence-corrected chi connectivity index (χ0v) is 15.0. The van der Waals surface area contributed by atoms with Gasteiger partial charge in [-0.1, -0.05) is 51.4 Å². The molecular weight excluding hydrogens is 284 g/mol. The van der Waals surface area contributed by atoms with Gasteiger partial charge < -0.3 is 0 Å². The molecule has 0 spiro atoms. The van der Waals surface area contributed by atoms with Crippen LogP contribution in [0.5, 0.6) is 0 Å². The van der Waals surface area contributed by atoms with Crippen molar-refractivity contribution in [1.29, 1.82) is 0 Å². The molecule has 22 heavy (non-hydrogen) atoms. The Bertz CT molecular complexity index is 626. The van der Waals surface area contributed by atoms with E-state index in [-0.39, 0.29) is 0 Å². The molecule has 1 fully saturated rings. The second-order valence-corrected chi connectivity index (χ2v) is 12.6. The Balaban J connectivity index is 1.98. The van der Waals surface area contributed by atoms with Crippen molar-refractivity contribution >= 4 is 13.3 Å². The number of nitrogens with zero attached hydrogens (tertiary/aromatic N) is 2. The summed E-state index contributed by atoms with van der Waals surface area (Å²) in [4.78, 5) is 9.19. The van der Waals surface area contributed by atoms with Gasteiger partial charge in [0.15, 0.2) is 0 Å². The molecule has 1 aliphatic carbocycles. The number of pyridine rings is 2. The van der Waals surface area contributed by atoms with Crippen molar-refractivity contribution in [3.8, 4) is 11.4 Å². The van der Waals surface area contributed by atoms with Crippen molar-refractivity contribution in [1.82, 2.24) is 9.97 Å². The average Bonchev–Trinajstić information content (AvgIpc) is 3.00. The van der Waals surface area contributed by atoms with Crippen LogP contribution in [-0.4, -0.2) is 18.0 Å². The predicted molar refractivity (Wildman–Crippen MR) is 96.1 cm³/mol. The normalized spacial score (nSPS) is 16.1. The summed E-state index contributed by atoms with van der Waals surface area (Å²) in [5.41, 5.74) is 3.54. The van der Waals surface area contributed by atoms with Crippen molar-refractivity contribution in [2.45, 2.75) is 51.7 Å². The van der Waals surface area contributed by atoms with E-state index in [0.717, 1.165) is 17.3 Å². The van der Waals surface area contributed by atoms with Crippen LogP contribution in [0.1, 0.15) is 31.2 Å². The van der Waals surface area contributed by atoms with Crippen molar-refractivity contribution in [2.75, 3.05) is 0 Å². The van der Waals surface area contributed by atoms with Gasteiger partial charge in [-0.3, -0.25) is 9.97 Å². The third-order valence-electron chi connectivity index (χ3n) is 4.71. The van der Waals surface area contributed by atoms with Crippen LogP contribution >= 0.6 is 0 Å². The fraction of sp³-hybridized carbons (Fsp3) is 0.474. The van der Waals surface area contributed by atoms with Gasteiger partial charge in [0.25, 0.3) is 0 Å². The lowest BCUT2D eigenvalue weighted by Crippen LogP contribution is -2.41. The smallest absolute Gasteiger partial charge is 0.0888 e. The van der Waals surface area contributed by atoms with Crippen LogP contribution in [0.2, 0.25) is 19.6 Å². The molecule has 2 aromatic rings. The van der Waals surface area contributed by atoms with Crippen molar-refractivity contribution in [3.05, 3.63) is 42.2 Å². The van der Waals surface area contributed by atoms with Gasteiger partial charge in [-0.05, 0) is 41.3 Å². The summed E-state index contributed by atoms with van der Waals surface area (Å²) in [7, 11) is -1.36. The first-order valence-corrected chi connectivity index (χ1v) is 11.9. The minimum absolute atomic E-state index is 0.870. The maximum atomic E-state index is 4.72. The fourth-order valence-electron chi connectivity index (χ4n) is 3.52. The van der Waals surface area contributed by atoms with E-state index >= 15 is 0 Å². The Hall–Kier alpha value is -1.48. The van der Waals surface area contributed by atoms with Gasteiger partial charge >= 0.3 is 0 Å². The zero-order valence-electron chi connectivity index (χ0n) is 14.0. The Labute approximate surface area is 135 Å². The summed E-state index contributed by atoms with van der Waals surface area (Å²) in [6.45, 7) is 7.26. The van der Waals surface area contributed by atoms with E-state index in [4.69, 9.17) is 4.98 Å². The zero-order chi connectivity index (χ0) is 15.6. The first kappa shape index (κ1) is 15.4. The molecule has 0 unspecified atom stereocenters. The maximum Gasteiger partial charge on any atom is 0.0888 e. The van der Waals surface area contributed by atoms with E-state index in [1.807, 2.05) is 18.3 Å². The van der Waals surface area contributed by atoms with Crippen LogP contribution in [0.4, 0.5) is 0 Å². The molecule has 2 heterocycles. The fourth-order valence-corrected chi connectivity index (χ4v) is 5.11. The van der Waals surface area contributed by atoms with Gasteiger partial charge in [0.2, 0.25) is 0 Å². The molecule has 3 heteroatoms. The molecule has 0 amide bonds. The van der Waals surface area contributed by atoms with Gasteiger partial charge in [0.05, 0.1) is 19.5 Å². The SMILES string of the molecule is C[Si](C)(C)c1cnc(-c2ccccn2)cc1CC1CCCC1. The molecule has 1 aliphatic rings. The number of hydrogen-bond acceptors (Lipinski definition) is 2. The molecule has 0 N–H and O–H groups in total. The molecule has 2 nitrogen and oxygen atoms in total. The maximum absolute atomic E-state index is 4.72. The lowest BCUT2D eigenvalue weighted by atomic mass is 9.98. The van der Waals surface area contributed by atoms with Crippen LogP contribution in [0, 0.1) is 5.92 Å². The van der Waals surface area contributed by atoms with Crippen LogP contribution in [0.3, 0.4) is 0 Å². The van der Waals surface area contributed by atoms with Crippen LogP contribution in [-0.2, 0) is 6.42 Å². The summed E-state index contributed by atoms with van der Waals surface area (Å²) in [6.07, 6.45) is 10.8. The third kappa shape index (κ3) is 3.46. The summed E-state index contributed by atoms with van der Waals surface area (Å²) in [6, 6.07) is 8.36. The molecular formula is C19H26N2Si. The molecule has 0 aliphatic heterocycles. The topological polar surface area (TPSA) is 25.8 Å². The summed E-state index contributed by atoms with van der Waals surface area (Å²) >= 11 is 0. The first-order chi connectivity index (χ1) is 10.5. The lowest BCUT2D eigenvalue weighted by molar-refractivity contribution is 0.547. The van der Waals surface area contributed by atoms with Crippen molar-refractivity contribution in [3.63, 3.8) is 0 Å². The number of rotatable bonds is 4. The molecule has 0 saturated heterocycles. The largest absolute Gasteiger partial charge is 0.255 e. The van der Waals surface area contributed by atoms with E-state index in [2.05, 4.69) is 43.0 Å². The Morgan fingerprint density at radius 3 is 2.45 bits per heavy atom. The molecule has 3 rings (SSSR count). The average molecular weight is 311 g/mol. The van der Waals surface area contributed by atoms with Crippen molar-refractivity contribution < 1.29 is 0 Å². The van der Waals surface area contributed by atoms with Gasteiger partial charge in [-0.15, -0.1) is 0 Å². The highest BCUT2D eigenvalue weighted by Gasteiger charge is 2.24. The van der Waals surface area contributed by atoms with E-state index in [0.29, 0.717) is 0 Å². The Morgan fingerprint density at radius 1 is 1.05 bits per heavy atom. The molecule has 0 radical (unpaired) electrons. The van der Waals surface area contributed by atoms with E-state index in [1.54, 1.807) is 0 Å². The molecule has 0 aromatic carbocycles. The minimum atomic E-state index is -1.36. The quantitative estimate of drug-likeness (QED) is 0.781. The van der Waals surface area contributed by atoms with Crippen LogP contribution in [0.25, 0.3) is 11.4 Å². The van der Waals surface area contributed by atoms with Gasteiger partial charge in [-0.25, -0.2) is 0 Å². The molecule has 116 valence electrons. The Kier molecular flexibility index (Phi) is 4.43. The number of hydrogen-bond donors (Lipinski definition) is 0. The van der Waals surface area contributed by atoms with Crippen LogP contribution < -0.4 is 5.19 Å². The second kappa shape index (κ2) is 6.33. The lowest BCUT2D eigenvalue weighted by Gasteiger charge is -2.23. The molecule has 0 bridgehead atoms. The van der Waals surface area contributed by atoms with Crippen molar-refractivity contribution in [2.24, 2.45) is 5.92 Å². The van der Waals surface area contributed by atoms with Gasteiger partial charge in [0, 0.05) is 12.4 Å². The molecule has 2 aromatic heterocycles. The summed E-state index contributed by atoms with van der Waals surface area (Å²) < 4.78 is 0.